The fourth-order valence-electron chi connectivity index (χ4n) is 2.73. The summed E-state index contributed by atoms with van der Waals surface area (Å²) in [5, 5.41) is 3.50. The maximum Gasteiger partial charge on any atom is 0.140 e. The zero-order valence-corrected chi connectivity index (χ0v) is 13.0. The molecule has 1 aromatic rings. The number of rotatable bonds is 4. The van der Waals surface area contributed by atoms with E-state index >= 15 is 0 Å². The van der Waals surface area contributed by atoms with Gasteiger partial charge < -0.3 is 10.2 Å². The number of pyridine rings is 1. The lowest BCUT2D eigenvalue weighted by Gasteiger charge is -2.36. The number of halogens is 1. The van der Waals surface area contributed by atoms with Gasteiger partial charge >= 0.3 is 0 Å². The fraction of sp³-hybridized carbons (Fsp3) is 0.643. The van der Waals surface area contributed by atoms with Crippen LogP contribution in [0.3, 0.4) is 0 Å². The monoisotopic (exact) mass is 311 g/mol. The molecule has 0 unspecified atom stereocenters. The lowest BCUT2D eigenvalue weighted by molar-refractivity contribution is 0.172. The van der Waals surface area contributed by atoms with Crippen molar-refractivity contribution in [1.29, 1.82) is 0 Å². The maximum atomic E-state index is 4.45. The first-order valence-corrected chi connectivity index (χ1v) is 7.36. The van der Waals surface area contributed by atoms with Gasteiger partial charge in [-0.05, 0) is 61.4 Å². The molecule has 1 fully saturated rings. The van der Waals surface area contributed by atoms with Crippen molar-refractivity contribution in [1.82, 2.24) is 9.88 Å². The van der Waals surface area contributed by atoms with Crippen LogP contribution < -0.4 is 5.32 Å². The van der Waals surface area contributed by atoms with Gasteiger partial charge in [0.2, 0.25) is 0 Å². The number of hydrogen-bond acceptors (Lipinski definition) is 3. The lowest BCUT2D eigenvalue weighted by atomic mass is 9.96. The molecule has 0 aliphatic heterocycles. The van der Waals surface area contributed by atoms with E-state index in [0.717, 1.165) is 16.8 Å². The van der Waals surface area contributed by atoms with E-state index in [4.69, 9.17) is 0 Å². The summed E-state index contributed by atoms with van der Waals surface area (Å²) < 4.78 is 1.05. The van der Waals surface area contributed by atoms with Crippen LogP contribution in [0.15, 0.2) is 16.7 Å². The second-order valence-corrected chi connectivity index (χ2v) is 6.38. The minimum Gasteiger partial charge on any atom is -0.367 e. The SMILES string of the molecule is Cc1cnc(NCC2(N(C)C)CCCC2)c(Br)c1. The van der Waals surface area contributed by atoms with E-state index in [1.165, 1.54) is 31.2 Å². The molecule has 0 amide bonds. The van der Waals surface area contributed by atoms with Crippen LogP contribution in [-0.2, 0) is 0 Å². The van der Waals surface area contributed by atoms with E-state index in [9.17, 15) is 0 Å². The van der Waals surface area contributed by atoms with Gasteiger partial charge in [-0.25, -0.2) is 4.98 Å². The molecule has 0 spiro atoms. The summed E-state index contributed by atoms with van der Waals surface area (Å²) in [6.07, 6.45) is 7.13. The highest BCUT2D eigenvalue weighted by molar-refractivity contribution is 9.10. The normalized spacial score (nSPS) is 18.3. The highest BCUT2D eigenvalue weighted by atomic mass is 79.9. The second kappa shape index (κ2) is 5.57. The summed E-state index contributed by atoms with van der Waals surface area (Å²) in [6.45, 7) is 3.02. The molecule has 0 aromatic carbocycles. The van der Waals surface area contributed by atoms with Gasteiger partial charge in [0, 0.05) is 18.3 Å². The van der Waals surface area contributed by atoms with Gasteiger partial charge in [0.1, 0.15) is 5.82 Å². The standard InChI is InChI=1S/C14H22BrN3/c1-11-8-12(15)13(16-9-11)17-10-14(18(2)3)6-4-5-7-14/h8-9H,4-7,10H2,1-3H3,(H,16,17). The minimum atomic E-state index is 0.298. The van der Waals surface area contributed by atoms with Crippen LogP contribution in [0, 0.1) is 6.92 Å². The molecule has 18 heavy (non-hydrogen) atoms. The zero-order chi connectivity index (χ0) is 13.2. The van der Waals surface area contributed by atoms with Crippen molar-refractivity contribution in [3.8, 4) is 0 Å². The minimum absolute atomic E-state index is 0.298. The number of nitrogens with one attached hydrogen (secondary N) is 1. The molecule has 1 aromatic heterocycles. The summed E-state index contributed by atoms with van der Waals surface area (Å²) >= 11 is 3.57. The summed E-state index contributed by atoms with van der Waals surface area (Å²) in [5.41, 5.74) is 1.47. The van der Waals surface area contributed by atoms with Gasteiger partial charge in [0.25, 0.3) is 0 Å². The summed E-state index contributed by atoms with van der Waals surface area (Å²) in [5.74, 6) is 0.953. The van der Waals surface area contributed by atoms with Gasteiger partial charge in [0.15, 0.2) is 0 Å². The maximum absolute atomic E-state index is 4.45. The topological polar surface area (TPSA) is 28.2 Å². The average molecular weight is 312 g/mol. The molecular weight excluding hydrogens is 290 g/mol. The van der Waals surface area contributed by atoms with Crippen LogP contribution in [0.2, 0.25) is 0 Å². The zero-order valence-electron chi connectivity index (χ0n) is 11.5. The van der Waals surface area contributed by atoms with Crippen molar-refractivity contribution in [3.05, 3.63) is 22.3 Å². The van der Waals surface area contributed by atoms with Crippen LogP contribution in [0.5, 0.6) is 0 Å². The largest absolute Gasteiger partial charge is 0.367 e. The smallest absolute Gasteiger partial charge is 0.140 e. The Morgan fingerprint density at radius 1 is 1.39 bits per heavy atom. The van der Waals surface area contributed by atoms with Crippen molar-refractivity contribution < 1.29 is 0 Å². The van der Waals surface area contributed by atoms with Crippen molar-refractivity contribution in [2.24, 2.45) is 0 Å². The van der Waals surface area contributed by atoms with Crippen molar-refractivity contribution in [2.45, 2.75) is 38.1 Å². The Balaban J connectivity index is 2.06. The molecule has 0 radical (unpaired) electrons. The highest BCUT2D eigenvalue weighted by Gasteiger charge is 2.35. The predicted molar refractivity (Wildman–Crippen MR) is 80.0 cm³/mol. The third-order valence-electron chi connectivity index (χ3n) is 4.05. The van der Waals surface area contributed by atoms with Crippen molar-refractivity contribution >= 4 is 21.7 Å². The van der Waals surface area contributed by atoms with Gasteiger partial charge in [-0.2, -0.15) is 0 Å². The number of nitrogens with zero attached hydrogens (tertiary/aromatic N) is 2. The Morgan fingerprint density at radius 3 is 2.61 bits per heavy atom. The highest BCUT2D eigenvalue weighted by Crippen LogP contribution is 2.34. The molecule has 4 heteroatoms. The van der Waals surface area contributed by atoms with E-state index in [2.05, 4.69) is 58.2 Å². The van der Waals surface area contributed by atoms with Crippen LogP contribution in [-0.4, -0.2) is 36.1 Å². The molecule has 100 valence electrons. The van der Waals surface area contributed by atoms with E-state index in [1.54, 1.807) is 0 Å². The van der Waals surface area contributed by atoms with Crippen molar-refractivity contribution in [2.75, 3.05) is 26.0 Å². The van der Waals surface area contributed by atoms with Gasteiger partial charge in [-0.1, -0.05) is 12.8 Å². The van der Waals surface area contributed by atoms with Crippen LogP contribution >= 0.6 is 15.9 Å². The van der Waals surface area contributed by atoms with E-state index in [1.807, 2.05) is 6.20 Å². The molecule has 0 bridgehead atoms. The molecule has 2 rings (SSSR count). The van der Waals surface area contributed by atoms with Crippen LogP contribution in [0.4, 0.5) is 5.82 Å². The number of hydrogen-bond donors (Lipinski definition) is 1. The Labute approximate surface area is 118 Å². The molecule has 1 N–H and O–H groups in total. The first-order chi connectivity index (χ1) is 8.53. The molecule has 0 atom stereocenters. The van der Waals surface area contributed by atoms with Gasteiger partial charge in [0.05, 0.1) is 4.47 Å². The van der Waals surface area contributed by atoms with E-state index in [0.29, 0.717) is 5.54 Å². The average Bonchev–Trinajstić information content (AvgIpc) is 2.78. The summed E-state index contributed by atoms with van der Waals surface area (Å²) in [6, 6.07) is 2.10. The second-order valence-electron chi connectivity index (χ2n) is 5.52. The first-order valence-electron chi connectivity index (χ1n) is 6.57. The Bertz CT molecular complexity index is 412. The fourth-order valence-corrected chi connectivity index (χ4v) is 3.33. The first kappa shape index (κ1) is 13.8. The van der Waals surface area contributed by atoms with E-state index < -0.39 is 0 Å². The number of likely N-dealkylation sites (N-methyl/N-ethyl adjacent to an activating group) is 1. The lowest BCUT2D eigenvalue weighted by Crippen LogP contribution is -2.47. The van der Waals surface area contributed by atoms with Crippen LogP contribution in [0.1, 0.15) is 31.2 Å². The molecule has 0 saturated heterocycles. The van der Waals surface area contributed by atoms with Gasteiger partial charge in [-0.15, -0.1) is 0 Å². The molecular formula is C14H22BrN3. The van der Waals surface area contributed by atoms with E-state index in [-0.39, 0.29) is 0 Å². The third kappa shape index (κ3) is 2.86. The quantitative estimate of drug-likeness (QED) is 0.923. The molecule has 1 saturated carbocycles. The molecule has 1 aliphatic rings. The number of anilines is 1. The Kier molecular flexibility index (Phi) is 4.28. The van der Waals surface area contributed by atoms with Gasteiger partial charge in [-0.3, -0.25) is 0 Å². The molecule has 3 nitrogen and oxygen atoms in total. The number of aryl methyl sites for hydroxylation is 1. The third-order valence-corrected chi connectivity index (χ3v) is 4.65. The van der Waals surface area contributed by atoms with Crippen LogP contribution in [0.25, 0.3) is 0 Å². The Hall–Kier alpha value is -0.610. The number of aromatic nitrogens is 1. The molecule has 1 heterocycles. The summed E-state index contributed by atoms with van der Waals surface area (Å²) in [4.78, 5) is 6.82. The molecule has 1 aliphatic carbocycles. The summed E-state index contributed by atoms with van der Waals surface area (Å²) in [7, 11) is 4.37. The van der Waals surface area contributed by atoms with Crippen molar-refractivity contribution in [3.63, 3.8) is 0 Å². The Morgan fingerprint density at radius 2 is 2.06 bits per heavy atom. The predicted octanol–water partition coefficient (Wildman–Crippen LogP) is 3.44.